The molecule has 0 unspecified atom stereocenters. The number of rotatable bonds is 4. The summed E-state index contributed by atoms with van der Waals surface area (Å²) in [6, 6.07) is 6.02. The SMILES string of the molecule is CCn1cc(C(=O)O)c(=O)c2cc(F)c(N3CCN(C(=O)c4ccncc4)CC3)cc21. The van der Waals surface area contributed by atoms with E-state index in [1.807, 2.05) is 11.8 Å². The van der Waals surface area contributed by atoms with Gasteiger partial charge in [-0.15, -0.1) is 0 Å². The molecule has 1 fully saturated rings. The fourth-order valence-corrected chi connectivity index (χ4v) is 3.88. The third-order valence-corrected chi connectivity index (χ3v) is 5.55. The highest BCUT2D eigenvalue weighted by Crippen LogP contribution is 2.26. The van der Waals surface area contributed by atoms with Crippen molar-refractivity contribution in [3.05, 3.63) is 70.0 Å². The number of hydrogen-bond donors (Lipinski definition) is 1. The smallest absolute Gasteiger partial charge is 0.341 e. The van der Waals surface area contributed by atoms with Gasteiger partial charge in [-0.05, 0) is 31.2 Å². The maximum absolute atomic E-state index is 14.9. The Kier molecular flexibility index (Phi) is 5.41. The molecule has 1 aliphatic rings. The Labute approximate surface area is 177 Å². The van der Waals surface area contributed by atoms with Crippen molar-refractivity contribution in [3.63, 3.8) is 0 Å². The largest absolute Gasteiger partial charge is 0.477 e. The van der Waals surface area contributed by atoms with Gasteiger partial charge in [-0.1, -0.05) is 0 Å². The second kappa shape index (κ2) is 8.17. The van der Waals surface area contributed by atoms with Gasteiger partial charge in [-0.3, -0.25) is 14.6 Å². The van der Waals surface area contributed by atoms with E-state index in [0.717, 1.165) is 6.07 Å². The van der Waals surface area contributed by atoms with Gasteiger partial charge in [-0.2, -0.15) is 0 Å². The molecule has 0 atom stereocenters. The molecule has 0 saturated carbocycles. The summed E-state index contributed by atoms with van der Waals surface area (Å²) in [4.78, 5) is 44.0. The van der Waals surface area contributed by atoms with Crippen molar-refractivity contribution in [2.45, 2.75) is 13.5 Å². The average Bonchev–Trinajstić information content (AvgIpc) is 2.79. The summed E-state index contributed by atoms with van der Waals surface area (Å²) in [6.07, 6.45) is 4.42. The number of nitrogens with zero attached hydrogens (tertiary/aromatic N) is 4. The van der Waals surface area contributed by atoms with Gasteiger partial charge >= 0.3 is 5.97 Å². The topological polar surface area (TPSA) is 95.7 Å². The predicted molar refractivity (Wildman–Crippen MR) is 113 cm³/mol. The number of carbonyl (C=O) groups is 2. The Balaban J connectivity index is 1.63. The van der Waals surface area contributed by atoms with Gasteiger partial charge in [0.25, 0.3) is 5.91 Å². The molecule has 2 aromatic heterocycles. The molecule has 3 aromatic rings. The molecule has 160 valence electrons. The van der Waals surface area contributed by atoms with E-state index in [1.165, 1.54) is 6.20 Å². The number of fused-ring (bicyclic) bond motifs is 1. The quantitative estimate of drug-likeness (QED) is 0.690. The number of carboxylic acid groups (broad SMARTS) is 1. The van der Waals surface area contributed by atoms with Crippen LogP contribution in [0.4, 0.5) is 10.1 Å². The summed E-state index contributed by atoms with van der Waals surface area (Å²) in [6.45, 7) is 3.97. The van der Waals surface area contributed by atoms with Crippen LogP contribution < -0.4 is 10.3 Å². The van der Waals surface area contributed by atoms with E-state index in [1.54, 1.807) is 40.1 Å². The summed E-state index contributed by atoms with van der Waals surface area (Å²) in [5, 5.41) is 9.31. The zero-order valence-corrected chi connectivity index (χ0v) is 16.9. The van der Waals surface area contributed by atoms with Crippen LogP contribution in [0.15, 0.2) is 47.7 Å². The zero-order chi connectivity index (χ0) is 22.1. The van der Waals surface area contributed by atoms with Gasteiger partial charge in [0.2, 0.25) is 5.43 Å². The Morgan fingerprint density at radius 1 is 1.13 bits per heavy atom. The maximum atomic E-state index is 14.9. The molecular formula is C22H21FN4O4. The monoisotopic (exact) mass is 424 g/mol. The molecule has 1 aliphatic heterocycles. The average molecular weight is 424 g/mol. The highest BCUT2D eigenvalue weighted by Gasteiger charge is 2.25. The summed E-state index contributed by atoms with van der Waals surface area (Å²) >= 11 is 0. The van der Waals surface area contributed by atoms with Crippen molar-refractivity contribution in [2.24, 2.45) is 0 Å². The van der Waals surface area contributed by atoms with Gasteiger partial charge in [0, 0.05) is 62.3 Å². The number of aryl methyl sites for hydroxylation is 1. The number of anilines is 1. The number of carboxylic acids is 1. The second-order valence-corrected chi connectivity index (χ2v) is 7.30. The van der Waals surface area contributed by atoms with E-state index in [9.17, 15) is 23.9 Å². The fraction of sp³-hybridized carbons (Fsp3) is 0.273. The highest BCUT2D eigenvalue weighted by molar-refractivity contribution is 5.95. The lowest BCUT2D eigenvalue weighted by Gasteiger charge is -2.36. The second-order valence-electron chi connectivity index (χ2n) is 7.30. The van der Waals surface area contributed by atoms with Crippen LogP contribution in [0.5, 0.6) is 0 Å². The highest BCUT2D eigenvalue weighted by atomic mass is 19.1. The minimum absolute atomic E-state index is 0.0366. The van der Waals surface area contributed by atoms with E-state index < -0.39 is 17.2 Å². The number of aromatic nitrogens is 2. The van der Waals surface area contributed by atoms with Crippen LogP contribution in [-0.2, 0) is 6.54 Å². The number of hydrogen-bond acceptors (Lipinski definition) is 5. The van der Waals surface area contributed by atoms with E-state index >= 15 is 0 Å². The van der Waals surface area contributed by atoms with Gasteiger partial charge in [0.1, 0.15) is 11.4 Å². The predicted octanol–water partition coefficient (Wildman–Crippen LogP) is 2.22. The van der Waals surface area contributed by atoms with Crippen LogP contribution in [0.1, 0.15) is 27.6 Å². The first-order chi connectivity index (χ1) is 14.9. The molecule has 1 saturated heterocycles. The first-order valence-electron chi connectivity index (χ1n) is 9.95. The number of pyridine rings is 2. The van der Waals surface area contributed by atoms with E-state index in [2.05, 4.69) is 4.98 Å². The van der Waals surface area contributed by atoms with Crippen LogP contribution in [0.3, 0.4) is 0 Å². The molecule has 8 nitrogen and oxygen atoms in total. The van der Waals surface area contributed by atoms with Crippen LogP contribution in [-0.4, -0.2) is 57.6 Å². The number of aromatic carboxylic acids is 1. The first-order valence-corrected chi connectivity index (χ1v) is 9.95. The number of amides is 1. The van der Waals surface area contributed by atoms with Crippen molar-refractivity contribution in [2.75, 3.05) is 31.1 Å². The minimum Gasteiger partial charge on any atom is -0.477 e. The lowest BCUT2D eigenvalue weighted by molar-refractivity contribution is 0.0693. The third-order valence-electron chi connectivity index (χ3n) is 5.55. The van der Waals surface area contributed by atoms with Crippen molar-refractivity contribution in [1.29, 1.82) is 0 Å². The van der Waals surface area contributed by atoms with Crippen molar-refractivity contribution >= 4 is 28.5 Å². The van der Waals surface area contributed by atoms with E-state index in [-0.39, 0.29) is 16.9 Å². The minimum atomic E-state index is -1.34. The number of carbonyl (C=O) groups excluding carboxylic acids is 1. The number of halogens is 1. The van der Waals surface area contributed by atoms with Crippen LogP contribution in [0.25, 0.3) is 10.9 Å². The summed E-state index contributed by atoms with van der Waals surface area (Å²) in [5.41, 5.74) is 0.272. The normalized spacial score (nSPS) is 14.1. The van der Waals surface area contributed by atoms with Gasteiger partial charge in [0.15, 0.2) is 0 Å². The fourth-order valence-electron chi connectivity index (χ4n) is 3.88. The van der Waals surface area contributed by atoms with Crippen LogP contribution in [0, 0.1) is 5.82 Å². The Hall–Kier alpha value is -3.75. The molecule has 3 heterocycles. The number of benzene rings is 1. The van der Waals surface area contributed by atoms with Crippen LogP contribution >= 0.6 is 0 Å². The molecule has 9 heteroatoms. The third kappa shape index (κ3) is 3.74. The summed E-state index contributed by atoms with van der Waals surface area (Å²) in [7, 11) is 0. The molecule has 1 aromatic carbocycles. The van der Waals surface area contributed by atoms with Crippen molar-refractivity contribution < 1.29 is 19.1 Å². The van der Waals surface area contributed by atoms with Crippen molar-refractivity contribution in [1.82, 2.24) is 14.5 Å². The summed E-state index contributed by atoms with van der Waals surface area (Å²) < 4.78 is 16.6. The maximum Gasteiger partial charge on any atom is 0.341 e. The molecule has 1 N–H and O–H groups in total. The molecule has 0 aliphatic carbocycles. The van der Waals surface area contributed by atoms with Gasteiger partial charge < -0.3 is 19.5 Å². The molecule has 0 radical (unpaired) electrons. The number of piperazine rings is 1. The molecule has 4 rings (SSSR count). The lowest BCUT2D eigenvalue weighted by atomic mass is 10.1. The first kappa shape index (κ1) is 20.5. The van der Waals surface area contributed by atoms with Gasteiger partial charge in [-0.25, -0.2) is 9.18 Å². The standard InChI is InChI=1S/C22H21FN4O4/c1-2-25-13-16(22(30)31)20(28)15-11-17(23)19(12-18(15)25)26-7-9-27(10-8-26)21(29)14-3-5-24-6-4-14/h3-6,11-13H,2,7-10H2,1H3,(H,30,31). The molecule has 1 amide bonds. The van der Waals surface area contributed by atoms with E-state index in [4.69, 9.17) is 0 Å². The van der Waals surface area contributed by atoms with Crippen LogP contribution in [0.2, 0.25) is 0 Å². The van der Waals surface area contributed by atoms with E-state index in [0.29, 0.717) is 49.5 Å². The molecule has 31 heavy (non-hydrogen) atoms. The zero-order valence-electron chi connectivity index (χ0n) is 16.9. The Bertz CT molecular complexity index is 1220. The lowest BCUT2D eigenvalue weighted by Crippen LogP contribution is -2.49. The molecule has 0 bridgehead atoms. The van der Waals surface area contributed by atoms with Crippen molar-refractivity contribution in [3.8, 4) is 0 Å². The molecule has 0 spiro atoms. The Morgan fingerprint density at radius 3 is 2.42 bits per heavy atom. The Morgan fingerprint density at radius 2 is 1.81 bits per heavy atom. The molecular weight excluding hydrogens is 403 g/mol. The summed E-state index contributed by atoms with van der Waals surface area (Å²) in [5.74, 6) is -2.03. The van der Waals surface area contributed by atoms with Gasteiger partial charge in [0.05, 0.1) is 11.2 Å².